The molecule has 0 saturated carbocycles. The molecule has 3 heteroatoms. The summed E-state index contributed by atoms with van der Waals surface area (Å²) in [5.74, 6) is 0. The van der Waals surface area contributed by atoms with Gasteiger partial charge in [-0.2, -0.15) is 0 Å². The van der Waals surface area contributed by atoms with Crippen LogP contribution in [0.25, 0.3) is 59.8 Å². The van der Waals surface area contributed by atoms with E-state index in [4.69, 9.17) is 6.57 Å². The quantitative estimate of drug-likeness (QED) is 0.123. The highest BCUT2D eigenvalue weighted by molar-refractivity contribution is 6.12. The topological polar surface area (TPSA) is 14.2 Å². The van der Waals surface area contributed by atoms with E-state index in [9.17, 15) is 0 Å². The lowest BCUT2D eigenvalue weighted by Gasteiger charge is -2.37. The van der Waals surface area contributed by atoms with Crippen molar-refractivity contribution in [1.29, 1.82) is 0 Å². The Balaban J connectivity index is 1.22. The maximum absolute atomic E-state index is 7.63. The van der Waals surface area contributed by atoms with E-state index in [0.717, 1.165) is 44.2 Å². The van der Waals surface area contributed by atoms with Gasteiger partial charge in [0.05, 0.1) is 34.1 Å². The standard InChI is InChI=1S/C50H33N3/c1-51-39-28-30-48-44(33-39)42-24-11-13-26-46(42)53(48)41-29-31-49-45(34-41)43-25-12-14-27-47(43)52(49)40-23-15-22-38(32-40)50(35-16-5-2-6-17-35,36-18-7-3-8-19-36)37-20-9-4-10-21-37/h2-34H. The summed E-state index contributed by atoms with van der Waals surface area (Å²) in [6.45, 7) is 7.63. The molecule has 0 spiro atoms. The van der Waals surface area contributed by atoms with Crippen molar-refractivity contribution in [2.24, 2.45) is 0 Å². The Morgan fingerprint density at radius 2 is 0.774 bits per heavy atom. The van der Waals surface area contributed by atoms with Crippen LogP contribution in [0.15, 0.2) is 200 Å². The first kappa shape index (κ1) is 30.7. The number of rotatable bonds is 6. The maximum atomic E-state index is 7.63. The number of hydrogen-bond acceptors (Lipinski definition) is 0. The zero-order valence-corrected chi connectivity index (χ0v) is 28.9. The van der Waals surface area contributed by atoms with E-state index in [1.807, 2.05) is 12.1 Å². The smallest absolute Gasteiger partial charge is 0.188 e. The van der Waals surface area contributed by atoms with Crippen LogP contribution in [0, 0.1) is 6.57 Å². The van der Waals surface area contributed by atoms with Gasteiger partial charge in [0.2, 0.25) is 0 Å². The maximum Gasteiger partial charge on any atom is 0.188 e. The van der Waals surface area contributed by atoms with Crippen molar-refractivity contribution in [1.82, 2.24) is 9.13 Å². The molecule has 0 atom stereocenters. The molecule has 3 nitrogen and oxygen atoms in total. The molecule has 0 fully saturated rings. The largest absolute Gasteiger partial charge is 0.309 e. The molecule has 0 aliphatic carbocycles. The molecule has 0 bridgehead atoms. The van der Waals surface area contributed by atoms with Crippen LogP contribution in [0.3, 0.4) is 0 Å². The fraction of sp³-hybridized carbons (Fsp3) is 0.0200. The van der Waals surface area contributed by atoms with Gasteiger partial charge in [0, 0.05) is 27.5 Å². The predicted molar refractivity (Wildman–Crippen MR) is 220 cm³/mol. The van der Waals surface area contributed by atoms with E-state index in [1.54, 1.807) is 0 Å². The van der Waals surface area contributed by atoms with Crippen molar-refractivity contribution in [3.05, 3.63) is 234 Å². The predicted octanol–water partition coefficient (Wildman–Crippen LogP) is 12.8. The number of fused-ring (bicyclic) bond motifs is 6. The second-order valence-corrected chi connectivity index (χ2v) is 13.6. The summed E-state index contributed by atoms with van der Waals surface area (Å²) in [5.41, 5.74) is 11.7. The van der Waals surface area contributed by atoms with E-state index in [1.165, 1.54) is 33.0 Å². The average molecular weight is 676 g/mol. The van der Waals surface area contributed by atoms with Crippen molar-refractivity contribution < 1.29 is 0 Å². The molecule has 248 valence electrons. The minimum absolute atomic E-state index is 0.546. The molecular formula is C50H33N3. The number of para-hydroxylation sites is 2. The molecule has 0 saturated heterocycles. The lowest BCUT2D eigenvalue weighted by atomic mass is 9.65. The number of nitrogens with zero attached hydrogens (tertiary/aromatic N) is 3. The van der Waals surface area contributed by atoms with Crippen LogP contribution < -0.4 is 0 Å². The summed E-state index contributed by atoms with van der Waals surface area (Å²) in [7, 11) is 0. The Hall–Kier alpha value is -7.15. The summed E-state index contributed by atoms with van der Waals surface area (Å²) in [4.78, 5) is 3.73. The molecule has 2 aromatic heterocycles. The highest BCUT2D eigenvalue weighted by Gasteiger charge is 2.38. The number of aromatic nitrogens is 2. The zero-order valence-electron chi connectivity index (χ0n) is 28.9. The molecule has 2 heterocycles. The third kappa shape index (κ3) is 4.67. The lowest BCUT2D eigenvalue weighted by molar-refractivity contribution is 0.744. The van der Waals surface area contributed by atoms with Gasteiger partial charge in [0.1, 0.15) is 0 Å². The SMILES string of the molecule is [C-]#[N+]c1ccc2c(c1)c1ccccc1n2-c1ccc2c(c1)c1ccccc1n2-c1cccc(C(c2ccccc2)(c2ccccc2)c2ccccc2)c1. The van der Waals surface area contributed by atoms with Gasteiger partial charge < -0.3 is 9.13 Å². The summed E-state index contributed by atoms with van der Waals surface area (Å²) >= 11 is 0. The molecular weight excluding hydrogens is 643 g/mol. The van der Waals surface area contributed by atoms with Gasteiger partial charge in [-0.05, 0) is 82.2 Å². The first-order chi connectivity index (χ1) is 26.3. The van der Waals surface area contributed by atoms with Crippen LogP contribution in [0.2, 0.25) is 0 Å². The molecule has 8 aromatic carbocycles. The fourth-order valence-electron chi connectivity index (χ4n) is 8.63. The van der Waals surface area contributed by atoms with Crippen LogP contribution in [0.1, 0.15) is 22.3 Å². The summed E-state index contributed by atoms with van der Waals surface area (Å²) in [6.07, 6.45) is 0. The second-order valence-electron chi connectivity index (χ2n) is 13.6. The summed E-state index contributed by atoms with van der Waals surface area (Å²) < 4.78 is 4.75. The minimum atomic E-state index is -0.546. The Morgan fingerprint density at radius 3 is 1.32 bits per heavy atom. The third-order valence-electron chi connectivity index (χ3n) is 10.9. The number of hydrogen-bond donors (Lipinski definition) is 0. The van der Waals surface area contributed by atoms with Crippen molar-refractivity contribution in [3.63, 3.8) is 0 Å². The fourth-order valence-corrected chi connectivity index (χ4v) is 8.63. The van der Waals surface area contributed by atoms with Crippen molar-refractivity contribution >= 4 is 49.3 Å². The lowest BCUT2D eigenvalue weighted by Crippen LogP contribution is -2.31. The van der Waals surface area contributed by atoms with Crippen LogP contribution in [0.4, 0.5) is 5.69 Å². The number of benzene rings is 8. The van der Waals surface area contributed by atoms with Gasteiger partial charge in [-0.15, -0.1) is 0 Å². The Bertz CT molecular complexity index is 2900. The molecule has 0 amide bonds. The molecule has 53 heavy (non-hydrogen) atoms. The molecule has 0 N–H and O–H groups in total. The Morgan fingerprint density at radius 1 is 0.340 bits per heavy atom. The molecule has 0 radical (unpaired) electrons. The van der Waals surface area contributed by atoms with Gasteiger partial charge in [0.15, 0.2) is 5.69 Å². The second kappa shape index (κ2) is 12.3. The first-order valence-corrected chi connectivity index (χ1v) is 18.0. The van der Waals surface area contributed by atoms with Gasteiger partial charge >= 0.3 is 0 Å². The average Bonchev–Trinajstić information content (AvgIpc) is 3.74. The monoisotopic (exact) mass is 675 g/mol. The van der Waals surface area contributed by atoms with Crippen molar-refractivity contribution in [2.45, 2.75) is 5.41 Å². The van der Waals surface area contributed by atoms with Gasteiger partial charge in [-0.3, -0.25) is 0 Å². The Kier molecular flexibility index (Phi) is 7.09. The van der Waals surface area contributed by atoms with Crippen LogP contribution in [-0.2, 0) is 5.41 Å². The zero-order chi connectivity index (χ0) is 35.4. The molecule has 10 rings (SSSR count). The molecule has 0 unspecified atom stereocenters. The van der Waals surface area contributed by atoms with Gasteiger partial charge in [-0.25, -0.2) is 4.85 Å². The summed E-state index contributed by atoms with van der Waals surface area (Å²) in [5, 5.41) is 4.62. The van der Waals surface area contributed by atoms with E-state index in [2.05, 4.69) is 202 Å². The highest BCUT2D eigenvalue weighted by Crippen LogP contribution is 2.46. The van der Waals surface area contributed by atoms with Crippen LogP contribution in [-0.4, -0.2) is 9.13 Å². The normalized spacial score (nSPS) is 11.8. The van der Waals surface area contributed by atoms with E-state index < -0.39 is 5.41 Å². The minimum Gasteiger partial charge on any atom is -0.309 e. The van der Waals surface area contributed by atoms with Gasteiger partial charge in [0.25, 0.3) is 0 Å². The van der Waals surface area contributed by atoms with Gasteiger partial charge in [-0.1, -0.05) is 146 Å². The van der Waals surface area contributed by atoms with E-state index in [-0.39, 0.29) is 0 Å². The van der Waals surface area contributed by atoms with E-state index in [0.29, 0.717) is 5.69 Å². The first-order valence-electron chi connectivity index (χ1n) is 18.0. The van der Waals surface area contributed by atoms with Crippen molar-refractivity contribution in [2.75, 3.05) is 0 Å². The molecule has 10 aromatic rings. The van der Waals surface area contributed by atoms with Crippen LogP contribution in [0.5, 0.6) is 0 Å². The highest BCUT2D eigenvalue weighted by atomic mass is 15.0. The molecule has 0 aliphatic rings. The van der Waals surface area contributed by atoms with Crippen molar-refractivity contribution in [3.8, 4) is 11.4 Å². The molecule has 0 aliphatic heterocycles. The van der Waals surface area contributed by atoms with E-state index >= 15 is 0 Å². The van der Waals surface area contributed by atoms with Crippen LogP contribution >= 0.6 is 0 Å². The Labute approximate surface area is 308 Å². The summed E-state index contributed by atoms with van der Waals surface area (Å²) in [6, 6.07) is 71.8. The third-order valence-corrected chi connectivity index (χ3v) is 10.9.